The van der Waals surface area contributed by atoms with Crippen molar-refractivity contribution >= 4 is 24.7 Å². The summed E-state index contributed by atoms with van der Waals surface area (Å²) in [7, 11) is 2.50. The van der Waals surface area contributed by atoms with E-state index >= 15 is 0 Å². The molecule has 0 unspecified atom stereocenters. The van der Waals surface area contributed by atoms with Crippen molar-refractivity contribution in [1.82, 2.24) is 0 Å². The van der Waals surface area contributed by atoms with Crippen LogP contribution in [0.3, 0.4) is 0 Å². The van der Waals surface area contributed by atoms with Crippen molar-refractivity contribution in [2.24, 2.45) is 0 Å². The van der Waals surface area contributed by atoms with E-state index < -0.39 is 8.80 Å². The molecule has 0 spiro atoms. The summed E-state index contributed by atoms with van der Waals surface area (Å²) in [5, 5.41) is 0.877. The summed E-state index contributed by atoms with van der Waals surface area (Å²) in [6, 6.07) is 9.27. The number of halogens is 1. The predicted octanol–water partition coefficient (Wildman–Crippen LogP) is 3.00. The maximum atomic E-state index is 5.40. The Balaban J connectivity index is 2.65. The molecule has 5 heteroatoms. The molecule has 0 fully saturated rings. The highest BCUT2D eigenvalue weighted by molar-refractivity contribution is 9.08. The van der Waals surface area contributed by atoms with Crippen molar-refractivity contribution in [3.05, 3.63) is 35.4 Å². The van der Waals surface area contributed by atoms with Gasteiger partial charge < -0.3 is 13.3 Å². The average molecular weight is 319 g/mol. The molecular formula is C12H19BrO3Si. The average Bonchev–Trinajstić information content (AvgIpc) is 2.41. The van der Waals surface area contributed by atoms with Gasteiger partial charge in [-0.05, 0) is 17.5 Å². The summed E-state index contributed by atoms with van der Waals surface area (Å²) in [5.41, 5.74) is 2.56. The zero-order chi connectivity index (χ0) is 12.7. The van der Waals surface area contributed by atoms with E-state index in [4.69, 9.17) is 13.3 Å². The van der Waals surface area contributed by atoms with Crippen LogP contribution in [0.2, 0.25) is 6.04 Å². The van der Waals surface area contributed by atoms with Gasteiger partial charge in [0.05, 0.1) is 0 Å². The van der Waals surface area contributed by atoms with Gasteiger partial charge in [-0.15, -0.1) is 0 Å². The van der Waals surface area contributed by atoms with E-state index in [1.807, 2.05) is 0 Å². The summed E-state index contributed by atoms with van der Waals surface area (Å²) >= 11 is 3.46. The Bertz CT molecular complexity index is 334. The van der Waals surface area contributed by atoms with Crippen molar-refractivity contribution in [3.8, 4) is 0 Å². The molecule has 17 heavy (non-hydrogen) atoms. The Hall–Kier alpha value is -0.203. The Morgan fingerprint density at radius 3 is 2.18 bits per heavy atom. The number of rotatable bonds is 7. The van der Waals surface area contributed by atoms with Crippen molar-refractivity contribution in [2.45, 2.75) is 17.8 Å². The van der Waals surface area contributed by atoms with Gasteiger partial charge in [-0.25, -0.2) is 0 Å². The second kappa shape index (κ2) is 7.28. The smallest absolute Gasteiger partial charge is 0.377 e. The summed E-state index contributed by atoms with van der Waals surface area (Å²) in [6.45, 7) is 0. The van der Waals surface area contributed by atoms with Gasteiger partial charge in [-0.3, -0.25) is 0 Å². The van der Waals surface area contributed by atoms with Crippen LogP contribution in [0.25, 0.3) is 0 Å². The third-order valence-electron chi connectivity index (χ3n) is 2.80. The molecule has 3 nitrogen and oxygen atoms in total. The fourth-order valence-corrected chi connectivity index (χ4v) is 3.78. The topological polar surface area (TPSA) is 27.7 Å². The summed E-state index contributed by atoms with van der Waals surface area (Å²) in [4.78, 5) is 0. The van der Waals surface area contributed by atoms with Crippen LogP contribution in [-0.2, 0) is 25.0 Å². The number of hydrogen-bond acceptors (Lipinski definition) is 3. The summed E-state index contributed by atoms with van der Waals surface area (Å²) in [5.74, 6) is 0. The van der Waals surface area contributed by atoms with Crippen LogP contribution in [0.1, 0.15) is 11.1 Å². The van der Waals surface area contributed by atoms with Gasteiger partial charge in [0.15, 0.2) is 0 Å². The SMILES string of the molecule is CO[Si](CCc1cccc(CBr)c1)(OC)OC. The standard InChI is InChI=1S/C12H19BrO3Si/c1-14-17(15-2,16-3)8-7-11-5-4-6-12(9-11)10-13/h4-6,9H,7-8,10H2,1-3H3. The van der Waals surface area contributed by atoms with Crippen LogP contribution in [0, 0.1) is 0 Å². The third kappa shape index (κ3) is 4.19. The van der Waals surface area contributed by atoms with Crippen LogP contribution >= 0.6 is 15.9 Å². The minimum Gasteiger partial charge on any atom is -0.377 e. The highest BCUT2D eigenvalue weighted by Gasteiger charge is 2.37. The Kier molecular flexibility index (Phi) is 6.36. The number of alkyl halides is 1. The molecular weight excluding hydrogens is 300 g/mol. The number of benzene rings is 1. The lowest BCUT2D eigenvalue weighted by molar-refractivity contribution is 0.123. The van der Waals surface area contributed by atoms with Crippen LogP contribution in [0.4, 0.5) is 0 Å². The molecule has 0 aliphatic heterocycles. The van der Waals surface area contributed by atoms with Crippen LogP contribution in [0.15, 0.2) is 24.3 Å². The predicted molar refractivity (Wildman–Crippen MR) is 74.4 cm³/mol. The molecule has 0 radical (unpaired) electrons. The van der Waals surface area contributed by atoms with E-state index in [1.54, 1.807) is 21.3 Å². The zero-order valence-electron chi connectivity index (χ0n) is 10.5. The van der Waals surface area contributed by atoms with Crippen LogP contribution in [0.5, 0.6) is 0 Å². The van der Waals surface area contributed by atoms with E-state index in [-0.39, 0.29) is 0 Å². The fourth-order valence-electron chi connectivity index (χ4n) is 1.72. The number of aryl methyl sites for hydroxylation is 1. The monoisotopic (exact) mass is 318 g/mol. The molecule has 0 aromatic heterocycles. The molecule has 0 bridgehead atoms. The highest BCUT2D eigenvalue weighted by atomic mass is 79.9. The highest BCUT2D eigenvalue weighted by Crippen LogP contribution is 2.18. The van der Waals surface area contributed by atoms with Crippen molar-refractivity contribution < 1.29 is 13.3 Å². The van der Waals surface area contributed by atoms with E-state index in [2.05, 4.69) is 40.2 Å². The van der Waals surface area contributed by atoms with E-state index in [1.165, 1.54) is 11.1 Å². The van der Waals surface area contributed by atoms with Gasteiger partial charge in [-0.1, -0.05) is 40.2 Å². The Morgan fingerprint density at radius 1 is 1.06 bits per heavy atom. The molecule has 0 N–H and O–H groups in total. The van der Waals surface area contributed by atoms with Crippen LogP contribution in [-0.4, -0.2) is 30.1 Å². The minimum atomic E-state index is -2.44. The van der Waals surface area contributed by atoms with Crippen molar-refractivity contribution in [3.63, 3.8) is 0 Å². The first-order valence-electron chi connectivity index (χ1n) is 5.49. The Labute approximate surface area is 113 Å². The molecule has 0 amide bonds. The molecule has 0 heterocycles. The van der Waals surface area contributed by atoms with E-state index in [0.717, 1.165) is 17.8 Å². The molecule has 1 aromatic rings. The van der Waals surface area contributed by atoms with Crippen LogP contribution < -0.4 is 0 Å². The quantitative estimate of drug-likeness (QED) is 0.571. The first-order valence-corrected chi connectivity index (χ1v) is 8.54. The summed E-state index contributed by atoms with van der Waals surface area (Å²) in [6.07, 6.45) is 0.905. The lowest BCUT2D eigenvalue weighted by Gasteiger charge is -2.24. The molecule has 0 aliphatic carbocycles. The largest absolute Gasteiger partial charge is 0.500 e. The molecule has 0 saturated heterocycles. The van der Waals surface area contributed by atoms with Crippen molar-refractivity contribution in [1.29, 1.82) is 0 Å². The second-order valence-electron chi connectivity index (χ2n) is 3.75. The fraction of sp³-hybridized carbons (Fsp3) is 0.500. The maximum absolute atomic E-state index is 5.40. The lowest BCUT2D eigenvalue weighted by atomic mass is 10.1. The van der Waals surface area contributed by atoms with Gasteiger partial charge >= 0.3 is 8.80 Å². The molecule has 1 rings (SSSR count). The minimum absolute atomic E-state index is 0.794. The van der Waals surface area contributed by atoms with Gasteiger partial charge in [0, 0.05) is 32.7 Å². The first-order chi connectivity index (χ1) is 8.19. The Morgan fingerprint density at radius 2 is 1.65 bits per heavy atom. The molecule has 0 saturated carbocycles. The lowest BCUT2D eigenvalue weighted by Crippen LogP contribution is -2.43. The van der Waals surface area contributed by atoms with Gasteiger partial charge in [-0.2, -0.15) is 0 Å². The summed E-state index contributed by atoms with van der Waals surface area (Å²) < 4.78 is 16.2. The molecule has 1 aromatic carbocycles. The van der Waals surface area contributed by atoms with E-state index in [0.29, 0.717) is 0 Å². The molecule has 96 valence electrons. The molecule has 0 atom stereocenters. The first kappa shape index (κ1) is 14.9. The normalized spacial score (nSPS) is 11.8. The zero-order valence-corrected chi connectivity index (χ0v) is 13.1. The molecule has 0 aliphatic rings. The third-order valence-corrected chi connectivity index (χ3v) is 6.17. The van der Waals surface area contributed by atoms with Gasteiger partial charge in [0.25, 0.3) is 0 Å². The van der Waals surface area contributed by atoms with Gasteiger partial charge in [0.1, 0.15) is 0 Å². The van der Waals surface area contributed by atoms with Crippen molar-refractivity contribution in [2.75, 3.05) is 21.3 Å². The maximum Gasteiger partial charge on any atom is 0.500 e. The second-order valence-corrected chi connectivity index (χ2v) is 7.40. The number of hydrogen-bond donors (Lipinski definition) is 0. The van der Waals surface area contributed by atoms with E-state index in [9.17, 15) is 0 Å². The van der Waals surface area contributed by atoms with Gasteiger partial charge in [0.2, 0.25) is 0 Å².